The first kappa shape index (κ1) is 23.6. The molecule has 0 unspecified atom stereocenters. The molecule has 0 aliphatic rings. The largest absolute Gasteiger partial charge is 0.504 e. The zero-order valence-corrected chi connectivity index (χ0v) is 21.0. The summed E-state index contributed by atoms with van der Waals surface area (Å²) < 4.78 is 13.8. The van der Waals surface area contributed by atoms with E-state index >= 15 is 0 Å². The number of benzene rings is 3. The van der Waals surface area contributed by atoms with E-state index in [1.807, 2.05) is 37.3 Å². The zero-order valence-electron chi connectivity index (χ0n) is 19.4. The molecular weight excluding hydrogens is 522 g/mol. The van der Waals surface area contributed by atoms with Crippen LogP contribution in [0.3, 0.4) is 0 Å². The number of allylic oxidation sites excluding steroid dienone is 1. The summed E-state index contributed by atoms with van der Waals surface area (Å²) in [5.41, 5.74) is 2.17. The number of aromatic nitrogens is 2. The van der Waals surface area contributed by atoms with Crippen LogP contribution in [0.25, 0.3) is 33.5 Å². The van der Waals surface area contributed by atoms with Gasteiger partial charge in [-0.15, -0.1) is 6.58 Å². The van der Waals surface area contributed by atoms with E-state index in [0.717, 1.165) is 9.86 Å². The molecule has 0 saturated heterocycles. The Labute approximate surface area is 215 Å². The Morgan fingerprint density at radius 3 is 2.83 bits per heavy atom. The highest BCUT2D eigenvalue weighted by molar-refractivity contribution is 9.10. The van der Waals surface area contributed by atoms with Crippen molar-refractivity contribution in [2.45, 2.75) is 13.3 Å². The van der Waals surface area contributed by atoms with Gasteiger partial charge in [-0.05, 0) is 67.4 Å². The highest BCUT2D eigenvalue weighted by atomic mass is 79.9. The molecule has 7 nitrogen and oxygen atoms in total. The van der Waals surface area contributed by atoms with Gasteiger partial charge in [0, 0.05) is 15.4 Å². The van der Waals surface area contributed by atoms with Crippen molar-refractivity contribution in [1.29, 1.82) is 0 Å². The van der Waals surface area contributed by atoms with E-state index in [-0.39, 0.29) is 17.1 Å². The molecule has 8 heteroatoms. The molecule has 0 spiro atoms. The number of hydrogen-bond donors (Lipinski definition) is 1. The van der Waals surface area contributed by atoms with Crippen LogP contribution in [-0.4, -0.2) is 27.6 Å². The average Bonchev–Trinajstić information content (AvgIpc) is 3.29. The van der Waals surface area contributed by atoms with Crippen LogP contribution in [0.2, 0.25) is 0 Å². The number of furan rings is 1. The molecule has 5 aromatic rings. The van der Waals surface area contributed by atoms with Crippen LogP contribution in [0.5, 0.6) is 11.5 Å². The summed E-state index contributed by atoms with van der Waals surface area (Å²) in [5.74, 6) is 1.09. The third kappa shape index (κ3) is 4.43. The number of fused-ring (bicyclic) bond motifs is 2. The second-order valence-corrected chi connectivity index (χ2v) is 8.98. The van der Waals surface area contributed by atoms with E-state index in [1.165, 1.54) is 10.9 Å². The molecule has 0 bridgehead atoms. The van der Waals surface area contributed by atoms with Crippen molar-refractivity contribution in [3.8, 4) is 23.1 Å². The van der Waals surface area contributed by atoms with E-state index in [4.69, 9.17) is 14.1 Å². The molecule has 0 radical (unpaired) electrons. The van der Waals surface area contributed by atoms with Crippen molar-refractivity contribution in [2.24, 2.45) is 5.10 Å². The third-order valence-electron chi connectivity index (χ3n) is 5.62. The predicted molar refractivity (Wildman–Crippen MR) is 145 cm³/mol. The highest BCUT2D eigenvalue weighted by Crippen LogP contribution is 2.32. The van der Waals surface area contributed by atoms with E-state index in [0.29, 0.717) is 52.2 Å². The van der Waals surface area contributed by atoms with Gasteiger partial charge in [-0.3, -0.25) is 4.79 Å². The normalized spacial score (nSPS) is 11.5. The second kappa shape index (κ2) is 9.83. The lowest BCUT2D eigenvalue weighted by Gasteiger charge is -2.11. The second-order valence-electron chi connectivity index (χ2n) is 8.06. The molecule has 1 N–H and O–H groups in total. The van der Waals surface area contributed by atoms with Crippen molar-refractivity contribution in [1.82, 2.24) is 9.66 Å². The fourth-order valence-electron chi connectivity index (χ4n) is 3.98. The molecule has 0 fully saturated rings. The summed E-state index contributed by atoms with van der Waals surface area (Å²) in [6.45, 7) is 5.98. The van der Waals surface area contributed by atoms with Gasteiger partial charge in [0.1, 0.15) is 5.58 Å². The van der Waals surface area contributed by atoms with Crippen LogP contribution < -0.4 is 10.3 Å². The molecule has 5 rings (SSSR count). The molecule has 2 heterocycles. The number of ether oxygens (including phenoxy) is 1. The lowest BCUT2D eigenvalue weighted by atomic mass is 10.1. The Kier molecular flexibility index (Phi) is 6.43. The molecule has 0 atom stereocenters. The number of aromatic hydroxyl groups is 1. The number of hydrogen-bond acceptors (Lipinski definition) is 6. The highest BCUT2D eigenvalue weighted by Gasteiger charge is 2.17. The van der Waals surface area contributed by atoms with Crippen molar-refractivity contribution >= 4 is 44.0 Å². The Morgan fingerprint density at radius 1 is 1.19 bits per heavy atom. The monoisotopic (exact) mass is 543 g/mol. The van der Waals surface area contributed by atoms with Crippen LogP contribution in [0.1, 0.15) is 18.1 Å². The first-order valence-corrected chi connectivity index (χ1v) is 12.1. The predicted octanol–water partition coefficient (Wildman–Crippen LogP) is 6.29. The van der Waals surface area contributed by atoms with Gasteiger partial charge in [0.25, 0.3) is 5.56 Å². The SMILES string of the molecule is C=CCc1cc(C=Nn2c(-c3cc4cc(Br)ccc4o3)nc3ccccc3c2=O)cc(OCC)c1O. The Balaban J connectivity index is 1.69. The molecule has 0 aliphatic carbocycles. The van der Waals surface area contributed by atoms with Gasteiger partial charge in [0.05, 0.1) is 23.7 Å². The maximum atomic E-state index is 13.5. The lowest BCUT2D eigenvalue weighted by molar-refractivity contribution is 0.317. The molecule has 2 aromatic heterocycles. The van der Waals surface area contributed by atoms with Gasteiger partial charge >= 0.3 is 0 Å². The fourth-order valence-corrected chi connectivity index (χ4v) is 4.36. The summed E-state index contributed by atoms with van der Waals surface area (Å²) in [4.78, 5) is 18.2. The number of phenols is 1. The fraction of sp³-hybridized carbons (Fsp3) is 0.107. The number of para-hydroxylation sites is 1. The first-order chi connectivity index (χ1) is 17.5. The molecule has 0 amide bonds. The van der Waals surface area contributed by atoms with E-state index in [9.17, 15) is 9.90 Å². The molecular formula is C28H22BrN3O4. The zero-order chi connectivity index (χ0) is 25.2. The Hall–Kier alpha value is -4.17. The van der Waals surface area contributed by atoms with Crippen molar-refractivity contribution < 1.29 is 14.3 Å². The van der Waals surface area contributed by atoms with Crippen LogP contribution in [0, 0.1) is 0 Å². The van der Waals surface area contributed by atoms with Crippen molar-refractivity contribution in [2.75, 3.05) is 6.61 Å². The van der Waals surface area contributed by atoms with Gasteiger partial charge in [0.15, 0.2) is 17.3 Å². The smallest absolute Gasteiger partial charge is 0.282 e. The number of nitrogens with zero attached hydrogens (tertiary/aromatic N) is 3. The average molecular weight is 544 g/mol. The maximum Gasteiger partial charge on any atom is 0.282 e. The first-order valence-electron chi connectivity index (χ1n) is 11.3. The van der Waals surface area contributed by atoms with E-state index in [2.05, 4.69) is 27.6 Å². The van der Waals surface area contributed by atoms with Crippen LogP contribution in [0.4, 0.5) is 0 Å². The summed E-state index contributed by atoms with van der Waals surface area (Å²) in [5, 5.41) is 16.3. The minimum atomic E-state index is -0.330. The van der Waals surface area contributed by atoms with Gasteiger partial charge < -0.3 is 14.3 Å². The lowest BCUT2D eigenvalue weighted by Crippen LogP contribution is -2.20. The Morgan fingerprint density at radius 2 is 2.03 bits per heavy atom. The van der Waals surface area contributed by atoms with Crippen LogP contribution in [0.15, 0.2) is 92.1 Å². The van der Waals surface area contributed by atoms with Crippen LogP contribution in [-0.2, 0) is 6.42 Å². The standard InChI is InChI=1S/C28H22BrN3O4/c1-3-7-18-12-17(13-24(26(18)33)35-4-2)16-30-32-27(31-22-9-6-5-8-21(22)28(32)34)25-15-19-14-20(29)10-11-23(19)36-25/h3,5-6,8-16,33H,1,4,7H2,2H3. The topological polar surface area (TPSA) is 89.9 Å². The van der Waals surface area contributed by atoms with Gasteiger partial charge in [-0.25, -0.2) is 4.98 Å². The quantitative estimate of drug-likeness (QED) is 0.192. The summed E-state index contributed by atoms with van der Waals surface area (Å²) in [7, 11) is 0. The third-order valence-corrected chi connectivity index (χ3v) is 6.11. The minimum absolute atomic E-state index is 0.0626. The Bertz CT molecular complexity index is 1700. The number of halogens is 1. The molecule has 3 aromatic carbocycles. The van der Waals surface area contributed by atoms with E-state index in [1.54, 1.807) is 36.4 Å². The summed E-state index contributed by atoms with van der Waals surface area (Å²) in [6.07, 6.45) is 3.68. The van der Waals surface area contributed by atoms with Gasteiger partial charge in [-0.2, -0.15) is 9.78 Å². The van der Waals surface area contributed by atoms with E-state index < -0.39 is 0 Å². The minimum Gasteiger partial charge on any atom is -0.504 e. The molecule has 0 saturated carbocycles. The molecule has 36 heavy (non-hydrogen) atoms. The van der Waals surface area contributed by atoms with Gasteiger partial charge in [-0.1, -0.05) is 34.1 Å². The summed E-state index contributed by atoms with van der Waals surface area (Å²) in [6, 6.07) is 18.1. The van der Waals surface area contributed by atoms with Crippen molar-refractivity contribution in [3.63, 3.8) is 0 Å². The summed E-state index contributed by atoms with van der Waals surface area (Å²) >= 11 is 3.48. The van der Waals surface area contributed by atoms with Crippen LogP contribution >= 0.6 is 15.9 Å². The maximum absolute atomic E-state index is 13.5. The number of phenolic OH excluding ortho intramolecular Hbond substituents is 1. The number of rotatable bonds is 7. The molecule has 0 aliphatic heterocycles. The molecule has 180 valence electrons. The van der Waals surface area contributed by atoms with Gasteiger partial charge in [0.2, 0.25) is 5.82 Å². The van der Waals surface area contributed by atoms with Crippen molar-refractivity contribution in [3.05, 3.63) is 99.3 Å².